The number of ether oxygens (including phenoxy) is 1. The van der Waals surface area contributed by atoms with Crippen molar-refractivity contribution in [2.75, 3.05) is 6.26 Å². The lowest BCUT2D eigenvalue weighted by Crippen LogP contribution is -2.17. The maximum Gasteiger partial charge on any atom is 0.573 e. The Kier molecular flexibility index (Phi) is 3.71. The average Bonchev–Trinajstić information content (AvgIpc) is 2.01. The Balaban J connectivity index is 3.02. The van der Waals surface area contributed by atoms with Crippen molar-refractivity contribution in [3.05, 3.63) is 22.7 Å². The minimum atomic E-state index is -4.65. The van der Waals surface area contributed by atoms with Gasteiger partial charge in [-0.3, -0.25) is 0 Å². The summed E-state index contributed by atoms with van der Waals surface area (Å²) < 4.78 is 40.3. The molecule has 0 saturated carbocycles. The Labute approximate surface area is 91.8 Å². The first-order chi connectivity index (χ1) is 6.44. The Morgan fingerprint density at radius 1 is 1.36 bits per heavy atom. The van der Waals surface area contributed by atoms with E-state index >= 15 is 0 Å². The summed E-state index contributed by atoms with van der Waals surface area (Å²) in [5.41, 5.74) is 0. The maximum absolute atomic E-state index is 11.9. The predicted molar refractivity (Wildman–Crippen MR) is 52.6 cm³/mol. The van der Waals surface area contributed by atoms with Crippen molar-refractivity contribution in [2.45, 2.75) is 11.3 Å². The van der Waals surface area contributed by atoms with Crippen LogP contribution in [0.3, 0.4) is 0 Å². The molecule has 1 aromatic rings. The average molecular weight is 287 g/mol. The molecule has 0 aliphatic heterocycles. The lowest BCUT2D eigenvalue weighted by Gasteiger charge is -2.12. The van der Waals surface area contributed by atoms with Crippen LogP contribution in [0.1, 0.15) is 0 Å². The van der Waals surface area contributed by atoms with Crippen LogP contribution < -0.4 is 4.74 Å². The molecule has 0 bridgehead atoms. The van der Waals surface area contributed by atoms with Crippen LogP contribution in [-0.4, -0.2) is 12.6 Å². The zero-order valence-corrected chi connectivity index (χ0v) is 9.46. The Morgan fingerprint density at radius 2 is 2.00 bits per heavy atom. The van der Waals surface area contributed by atoms with Gasteiger partial charge < -0.3 is 4.74 Å². The summed E-state index contributed by atoms with van der Waals surface area (Å²) >= 11 is 4.34. The van der Waals surface area contributed by atoms with Gasteiger partial charge >= 0.3 is 6.36 Å². The van der Waals surface area contributed by atoms with Crippen LogP contribution >= 0.6 is 27.7 Å². The highest BCUT2D eigenvalue weighted by molar-refractivity contribution is 9.10. The summed E-state index contributed by atoms with van der Waals surface area (Å²) in [6.45, 7) is 0. The summed E-state index contributed by atoms with van der Waals surface area (Å²) in [7, 11) is 0. The van der Waals surface area contributed by atoms with E-state index in [0.717, 1.165) is 0 Å². The first-order valence-electron chi connectivity index (χ1n) is 3.52. The van der Waals surface area contributed by atoms with Crippen molar-refractivity contribution in [1.82, 2.24) is 0 Å². The molecule has 0 spiro atoms. The van der Waals surface area contributed by atoms with Gasteiger partial charge in [0.1, 0.15) is 5.75 Å². The predicted octanol–water partition coefficient (Wildman–Crippen LogP) is 4.07. The molecule has 0 radical (unpaired) electrons. The second kappa shape index (κ2) is 4.44. The lowest BCUT2D eigenvalue weighted by atomic mass is 10.3. The molecule has 6 heteroatoms. The minimum Gasteiger partial charge on any atom is -0.405 e. The monoisotopic (exact) mass is 286 g/mol. The summed E-state index contributed by atoms with van der Waals surface area (Å²) in [6, 6.07) is 4.43. The van der Waals surface area contributed by atoms with Crippen molar-refractivity contribution < 1.29 is 17.9 Å². The van der Waals surface area contributed by atoms with E-state index in [-0.39, 0.29) is 5.75 Å². The summed E-state index contributed by atoms with van der Waals surface area (Å²) in [4.78, 5) is 0.435. The highest BCUT2D eigenvalue weighted by Gasteiger charge is 2.32. The molecule has 0 fully saturated rings. The van der Waals surface area contributed by atoms with E-state index < -0.39 is 6.36 Å². The molecule has 0 atom stereocenters. The molecule has 0 aromatic heterocycles. The Bertz CT molecular complexity index is 327. The SMILES string of the molecule is CSc1c(Br)cccc1OC(F)(F)F. The number of hydrogen-bond donors (Lipinski definition) is 0. The quantitative estimate of drug-likeness (QED) is 0.758. The largest absolute Gasteiger partial charge is 0.573 e. The second-order valence-corrected chi connectivity index (χ2v) is 3.99. The highest BCUT2D eigenvalue weighted by Crippen LogP contribution is 2.37. The standard InChI is InChI=1S/C8H6BrF3OS/c1-14-7-5(9)3-2-4-6(7)13-8(10,11)12/h2-4H,1H3. The molecule has 0 unspecified atom stereocenters. The van der Waals surface area contributed by atoms with Gasteiger partial charge in [0.2, 0.25) is 0 Å². The van der Waals surface area contributed by atoms with E-state index in [0.29, 0.717) is 9.37 Å². The second-order valence-electron chi connectivity index (χ2n) is 2.32. The van der Waals surface area contributed by atoms with Crippen molar-refractivity contribution in [3.8, 4) is 5.75 Å². The Hall–Kier alpha value is -0.360. The first kappa shape index (κ1) is 11.7. The van der Waals surface area contributed by atoms with Crippen LogP contribution in [0.15, 0.2) is 27.6 Å². The van der Waals surface area contributed by atoms with Gasteiger partial charge in [-0.1, -0.05) is 6.07 Å². The highest BCUT2D eigenvalue weighted by atomic mass is 79.9. The van der Waals surface area contributed by atoms with Crippen LogP contribution in [0.4, 0.5) is 13.2 Å². The molecular formula is C8H6BrF3OS. The van der Waals surface area contributed by atoms with E-state index in [1.54, 1.807) is 12.3 Å². The van der Waals surface area contributed by atoms with Gasteiger partial charge in [-0.2, -0.15) is 0 Å². The van der Waals surface area contributed by atoms with Gasteiger partial charge in [0.15, 0.2) is 0 Å². The van der Waals surface area contributed by atoms with Crippen LogP contribution in [0.2, 0.25) is 0 Å². The van der Waals surface area contributed by atoms with E-state index in [2.05, 4.69) is 20.7 Å². The van der Waals surface area contributed by atoms with E-state index in [1.807, 2.05) is 0 Å². The van der Waals surface area contributed by atoms with Crippen molar-refractivity contribution in [3.63, 3.8) is 0 Å². The number of benzene rings is 1. The third-order valence-electron chi connectivity index (χ3n) is 1.36. The first-order valence-corrected chi connectivity index (χ1v) is 5.54. The number of hydrogen-bond acceptors (Lipinski definition) is 2. The fourth-order valence-electron chi connectivity index (χ4n) is 0.892. The minimum absolute atomic E-state index is 0.181. The topological polar surface area (TPSA) is 9.23 Å². The van der Waals surface area contributed by atoms with Gasteiger partial charge in [-0.05, 0) is 34.3 Å². The number of thioether (sulfide) groups is 1. The van der Waals surface area contributed by atoms with Crippen LogP contribution in [-0.2, 0) is 0 Å². The fraction of sp³-hybridized carbons (Fsp3) is 0.250. The molecule has 0 saturated heterocycles. The van der Waals surface area contributed by atoms with Gasteiger partial charge in [0.25, 0.3) is 0 Å². The zero-order chi connectivity index (χ0) is 10.8. The third kappa shape index (κ3) is 3.09. The molecule has 0 aliphatic carbocycles. The molecule has 1 aromatic carbocycles. The molecule has 78 valence electrons. The van der Waals surface area contributed by atoms with Crippen LogP contribution in [0, 0.1) is 0 Å². The van der Waals surface area contributed by atoms with Crippen LogP contribution in [0.5, 0.6) is 5.75 Å². The Morgan fingerprint density at radius 3 is 2.50 bits per heavy atom. The van der Waals surface area contributed by atoms with Gasteiger partial charge in [0, 0.05) is 4.47 Å². The lowest BCUT2D eigenvalue weighted by molar-refractivity contribution is -0.275. The van der Waals surface area contributed by atoms with Crippen molar-refractivity contribution >= 4 is 27.7 Å². The molecule has 0 heterocycles. The summed E-state index contributed by atoms with van der Waals surface area (Å²) in [5.74, 6) is -0.181. The van der Waals surface area contributed by atoms with E-state index in [9.17, 15) is 13.2 Å². The fourth-order valence-corrected chi connectivity index (χ4v) is 2.30. The molecule has 1 rings (SSSR count). The number of halogens is 4. The molecule has 1 nitrogen and oxygen atoms in total. The zero-order valence-electron chi connectivity index (χ0n) is 7.06. The van der Waals surface area contributed by atoms with Gasteiger partial charge in [-0.25, -0.2) is 0 Å². The number of alkyl halides is 3. The molecular weight excluding hydrogens is 281 g/mol. The van der Waals surface area contributed by atoms with Crippen molar-refractivity contribution in [1.29, 1.82) is 0 Å². The maximum atomic E-state index is 11.9. The normalized spacial score (nSPS) is 11.5. The van der Waals surface area contributed by atoms with Gasteiger partial charge in [-0.15, -0.1) is 24.9 Å². The van der Waals surface area contributed by atoms with Crippen LogP contribution in [0.25, 0.3) is 0 Å². The third-order valence-corrected chi connectivity index (χ3v) is 3.11. The van der Waals surface area contributed by atoms with E-state index in [1.165, 1.54) is 23.9 Å². The summed E-state index contributed by atoms with van der Waals surface area (Å²) in [5, 5.41) is 0. The summed E-state index contributed by atoms with van der Waals surface area (Å²) in [6.07, 6.45) is -2.96. The van der Waals surface area contributed by atoms with E-state index in [4.69, 9.17) is 0 Å². The molecule has 0 N–H and O–H groups in total. The molecule has 14 heavy (non-hydrogen) atoms. The van der Waals surface area contributed by atoms with Crippen molar-refractivity contribution in [2.24, 2.45) is 0 Å². The number of rotatable bonds is 2. The van der Waals surface area contributed by atoms with Gasteiger partial charge in [0.05, 0.1) is 4.90 Å². The molecule has 0 aliphatic rings. The molecule has 0 amide bonds. The smallest absolute Gasteiger partial charge is 0.405 e.